The molecule has 9 heteroatoms. The van der Waals surface area contributed by atoms with E-state index < -0.39 is 5.03 Å². The normalized spacial score (nSPS) is 13.0. The maximum absolute atomic E-state index is 9.57. The molecule has 0 fully saturated rings. The molecule has 1 aliphatic rings. The Labute approximate surface area is 97.7 Å². The number of nitro groups is 1. The van der Waals surface area contributed by atoms with Gasteiger partial charge >= 0.3 is 54.8 Å². The molecular weight excluding hydrogens is 265 g/mol. The molecule has 10 heavy (non-hydrogen) atoms. The molecule has 8 nitrogen and oxygen atoms in total. The van der Waals surface area contributed by atoms with Crippen LogP contribution < -0.4 is 0 Å². The fourth-order valence-electron chi connectivity index (χ4n) is 0.253. The van der Waals surface area contributed by atoms with Crippen LogP contribution in [0, 0.1) is 10.1 Å². The molecule has 1 heterocycles. The van der Waals surface area contributed by atoms with Crippen molar-refractivity contribution in [2.45, 2.75) is 0 Å². The van der Waals surface area contributed by atoms with Gasteiger partial charge in [-0.15, -0.1) is 0 Å². The van der Waals surface area contributed by atoms with E-state index in [2.05, 4.69) is 25.8 Å². The van der Waals surface area contributed by atoms with Gasteiger partial charge in [0.05, 0.1) is 0 Å². The molecule has 0 spiro atoms. The molecule has 0 amide bonds. The van der Waals surface area contributed by atoms with Crippen LogP contribution >= 0.6 is 0 Å². The third kappa shape index (κ3) is 3.12. The number of hydrogen-bond donors (Lipinski definition) is 0. The maximum Gasteiger partial charge on any atom is 2.00 e. The summed E-state index contributed by atoms with van der Waals surface area (Å²) in [6.45, 7) is 0. The summed E-state index contributed by atoms with van der Waals surface area (Å²) in [5.74, 6) is -0.333. The predicted molar refractivity (Wildman–Crippen MR) is 32.1 cm³/mol. The second-order valence-corrected chi connectivity index (χ2v) is 1.02. The second kappa shape index (κ2) is 4.63. The average Bonchev–Trinajstić information content (AvgIpc) is 2.15. The topological polar surface area (TPSA) is 105 Å². The van der Waals surface area contributed by atoms with Crippen LogP contribution in [0.4, 0.5) is 0 Å². The van der Waals surface area contributed by atoms with Crippen LogP contribution in [0.1, 0.15) is 2.85 Å². The van der Waals surface area contributed by atoms with Crippen molar-refractivity contribution in [2.24, 2.45) is 25.8 Å². The summed E-state index contributed by atoms with van der Waals surface area (Å²) in [5.41, 5.74) is 0. The van der Waals surface area contributed by atoms with Crippen molar-refractivity contribution in [2.75, 3.05) is 0 Å². The summed E-state index contributed by atoms with van der Waals surface area (Å²) in [7, 11) is 0. The summed E-state index contributed by atoms with van der Waals surface area (Å²) in [6.07, 6.45) is 0. The Hall–Kier alpha value is -0.159. The van der Waals surface area contributed by atoms with E-state index in [-0.39, 0.29) is 57.7 Å². The summed E-state index contributed by atoms with van der Waals surface area (Å²) in [6, 6.07) is 0. The zero-order valence-electron chi connectivity index (χ0n) is 6.71. The van der Waals surface area contributed by atoms with E-state index in [1.165, 1.54) is 0 Å². The molecule has 0 unspecified atom stereocenters. The van der Waals surface area contributed by atoms with Crippen LogP contribution in [-0.2, 0) is 0 Å². The van der Waals surface area contributed by atoms with Gasteiger partial charge in [0.25, 0.3) is 0 Å². The van der Waals surface area contributed by atoms with Gasteiger partial charge in [0.1, 0.15) is 5.10 Å². The SMILES string of the molecule is O=[N+]([O-])N=C1N=NN=N1.[Ba+2].[H-].[H-]. The van der Waals surface area contributed by atoms with Crippen LogP contribution in [0.5, 0.6) is 0 Å². The molecule has 0 atom stereocenters. The minimum absolute atomic E-state index is 0. The third-order valence-electron chi connectivity index (χ3n) is 0.479. The first-order valence-electron chi connectivity index (χ1n) is 1.84. The molecule has 0 saturated carbocycles. The number of hydrazone groups is 1. The second-order valence-electron chi connectivity index (χ2n) is 1.02. The Morgan fingerprint density at radius 1 is 1.50 bits per heavy atom. The van der Waals surface area contributed by atoms with Crippen molar-refractivity contribution in [3.8, 4) is 0 Å². The van der Waals surface area contributed by atoms with E-state index >= 15 is 0 Å². The van der Waals surface area contributed by atoms with Gasteiger partial charge in [0.15, 0.2) is 5.03 Å². The van der Waals surface area contributed by atoms with E-state index in [4.69, 9.17) is 0 Å². The summed E-state index contributed by atoms with van der Waals surface area (Å²) >= 11 is 0. The molecule has 50 valence electrons. The number of hydrogen-bond acceptors (Lipinski definition) is 4. The molecule has 0 aliphatic carbocycles. The fourth-order valence-corrected chi connectivity index (χ4v) is 0.253. The molecule has 0 aromatic rings. The minimum atomic E-state index is -0.918. The van der Waals surface area contributed by atoms with Crippen molar-refractivity contribution in [1.82, 2.24) is 0 Å². The molecule has 0 radical (unpaired) electrons. The van der Waals surface area contributed by atoms with E-state index in [0.717, 1.165) is 0 Å². The number of guanidine groups is 1. The molecule has 0 aromatic heterocycles. The fraction of sp³-hybridized carbons (Fsp3) is 0. The molecule has 0 bridgehead atoms. The Morgan fingerprint density at radius 2 is 2.00 bits per heavy atom. The van der Waals surface area contributed by atoms with Gasteiger partial charge < -0.3 is 2.85 Å². The Morgan fingerprint density at radius 3 is 2.40 bits per heavy atom. The zero-order chi connectivity index (χ0) is 6.69. The van der Waals surface area contributed by atoms with Gasteiger partial charge in [-0.05, 0) is 10.4 Å². The largest absolute Gasteiger partial charge is 2.00 e. The molecular formula is CH2BaN6O2. The summed E-state index contributed by atoms with van der Waals surface area (Å²) < 4.78 is 0. The van der Waals surface area contributed by atoms with Crippen LogP contribution in [0.15, 0.2) is 25.8 Å². The molecule has 1 rings (SSSR count). The van der Waals surface area contributed by atoms with Crippen LogP contribution in [0.25, 0.3) is 0 Å². The molecule has 0 N–H and O–H groups in total. The monoisotopic (exact) mass is 268 g/mol. The molecule has 0 saturated heterocycles. The Bertz CT molecular complexity index is 212. The Kier molecular flexibility index (Phi) is 4.55. The van der Waals surface area contributed by atoms with Crippen LogP contribution in [-0.4, -0.2) is 59.9 Å². The van der Waals surface area contributed by atoms with Crippen molar-refractivity contribution in [3.05, 3.63) is 10.1 Å². The quantitative estimate of drug-likeness (QED) is 0.385. The standard InChI is InChI=1S/CN6O2.Ba.2H/c8-7(9)4-1-2-5-6-3-1;;;/q;+2;2*-1. The van der Waals surface area contributed by atoms with Gasteiger partial charge in [-0.2, -0.15) is 0 Å². The van der Waals surface area contributed by atoms with Crippen molar-refractivity contribution in [1.29, 1.82) is 0 Å². The summed E-state index contributed by atoms with van der Waals surface area (Å²) in [5, 5.41) is 23.4. The van der Waals surface area contributed by atoms with Gasteiger partial charge in [0, 0.05) is 0 Å². The van der Waals surface area contributed by atoms with E-state index in [0.29, 0.717) is 0 Å². The third-order valence-corrected chi connectivity index (χ3v) is 0.479. The average molecular weight is 267 g/mol. The van der Waals surface area contributed by atoms with Crippen LogP contribution in [0.3, 0.4) is 0 Å². The van der Waals surface area contributed by atoms with Crippen molar-refractivity contribution >= 4 is 54.8 Å². The Balaban J connectivity index is -0.000000270. The first-order valence-corrected chi connectivity index (χ1v) is 1.84. The minimum Gasteiger partial charge on any atom is -1.00 e. The smallest absolute Gasteiger partial charge is 1.00 e. The molecule has 1 aliphatic heterocycles. The van der Waals surface area contributed by atoms with Gasteiger partial charge in [-0.1, -0.05) is 10.2 Å². The van der Waals surface area contributed by atoms with Crippen LogP contribution in [0.2, 0.25) is 0 Å². The van der Waals surface area contributed by atoms with E-state index in [9.17, 15) is 10.1 Å². The molecule has 0 aromatic carbocycles. The van der Waals surface area contributed by atoms with Gasteiger partial charge in [-0.25, -0.2) is 10.1 Å². The van der Waals surface area contributed by atoms with Crippen molar-refractivity contribution in [3.63, 3.8) is 0 Å². The zero-order valence-corrected chi connectivity index (χ0v) is 9.15. The predicted octanol–water partition coefficient (Wildman–Crippen LogP) is 0.211. The van der Waals surface area contributed by atoms with E-state index in [1.54, 1.807) is 0 Å². The van der Waals surface area contributed by atoms with E-state index in [1.807, 2.05) is 0 Å². The first kappa shape index (κ1) is 9.84. The van der Waals surface area contributed by atoms with Gasteiger partial charge in [0.2, 0.25) is 0 Å². The maximum atomic E-state index is 9.57. The number of nitrogens with zero attached hydrogens (tertiary/aromatic N) is 6. The van der Waals surface area contributed by atoms with Crippen molar-refractivity contribution < 1.29 is 7.89 Å². The number of rotatable bonds is 1. The van der Waals surface area contributed by atoms with Gasteiger partial charge in [-0.3, -0.25) is 0 Å². The first-order chi connectivity index (χ1) is 4.29. The summed E-state index contributed by atoms with van der Waals surface area (Å²) in [4.78, 5) is 9.57.